The van der Waals surface area contributed by atoms with Crippen molar-refractivity contribution in [2.75, 3.05) is 29.0 Å². The number of amides is 1. The van der Waals surface area contributed by atoms with Crippen LogP contribution in [-0.4, -0.2) is 75.8 Å². The molecule has 0 radical (unpaired) electrons. The van der Waals surface area contributed by atoms with E-state index in [-0.39, 0.29) is 11.8 Å². The van der Waals surface area contributed by atoms with E-state index < -0.39 is 39.2 Å². The zero-order valence-corrected chi connectivity index (χ0v) is 28.6. The maximum atomic E-state index is 13.1. The SMILES string of the molecule is CC(C)S(=O)(=O)N1CCC(CC(=O)Nc2ccc3cc2CCc2cncc(c2)Nc2ncc(Cl)c(n2)N3)CC1.O=C(C(=O)C(F)(F)F)C(F)(F)F. The van der Waals surface area contributed by atoms with Gasteiger partial charge in [0.25, 0.3) is 0 Å². The van der Waals surface area contributed by atoms with Gasteiger partial charge in [-0.3, -0.25) is 19.4 Å². The van der Waals surface area contributed by atoms with E-state index in [0.29, 0.717) is 55.6 Å². The standard InChI is InChI=1S/C27H32ClN7O3S.C4F6O2/c1-17(2)39(37,38)35-9-7-18(8-10-35)12-25(36)33-24-6-5-21-13-20(24)4-3-19-11-22(15-29-14-19)32-27-30-16-23(28)26(31-21)34-27;5-3(6,7)1(11)2(12)4(8,9)10/h5-6,11,13-18H,3-4,7-10,12H2,1-2H3,(H,33,36)(H2,30,31,32,34);. The number of piperidine rings is 1. The Balaban J connectivity index is 0.000000417. The van der Waals surface area contributed by atoms with Crippen LogP contribution in [-0.2, 0) is 37.2 Å². The van der Waals surface area contributed by atoms with Crippen molar-refractivity contribution in [1.29, 1.82) is 0 Å². The van der Waals surface area contributed by atoms with Gasteiger partial charge in [-0.1, -0.05) is 11.6 Å². The van der Waals surface area contributed by atoms with Crippen LogP contribution in [0, 0.1) is 5.92 Å². The van der Waals surface area contributed by atoms with Crippen LogP contribution in [0.1, 0.15) is 44.2 Å². The number of carbonyl (C=O) groups excluding carboxylic acids is 3. The second kappa shape index (κ2) is 15.9. The van der Waals surface area contributed by atoms with Crippen LogP contribution in [0.2, 0.25) is 5.02 Å². The lowest BCUT2D eigenvalue weighted by Gasteiger charge is -2.32. The Labute approximate surface area is 293 Å². The number of halogens is 7. The normalized spacial score (nSPS) is 15.5. The number of ketones is 2. The van der Waals surface area contributed by atoms with Gasteiger partial charge in [0.05, 0.1) is 23.3 Å². The first-order valence-corrected chi connectivity index (χ1v) is 17.3. The summed E-state index contributed by atoms with van der Waals surface area (Å²) in [6.07, 6.45) is -3.37. The van der Waals surface area contributed by atoms with E-state index in [9.17, 15) is 49.1 Å². The van der Waals surface area contributed by atoms with Crippen molar-refractivity contribution < 1.29 is 49.1 Å². The molecule has 5 rings (SSSR count). The van der Waals surface area contributed by atoms with Crippen LogP contribution in [0.15, 0.2) is 42.9 Å². The summed E-state index contributed by atoms with van der Waals surface area (Å²) in [7, 11) is -3.26. The van der Waals surface area contributed by atoms with Gasteiger partial charge >= 0.3 is 23.9 Å². The Hall–Kier alpha value is -4.36. The molecule has 20 heteroatoms. The molecule has 276 valence electrons. The first-order valence-electron chi connectivity index (χ1n) is 15.4. The van der Waals surface area contributed by atoms with E-state index in [1.54, 1.807) is 24.3 Å². The number of hydrogen-bond acceptors (Lipinski definition) is 10. The molecule has 1 saturated heterocycles. The van der Waals surface area contributed by atoms with E-state index in [2.05, 4.69) is 30.9 Å². The monoisotopic (exact) mass is 763 g/mol. The molecule has 12 nitrogen and oxygen atoms in total. The summed E-state index contributed by atoms with van der Waals surface area (Å²) in [5.41, 5.74) is 4.31. The summed E-state index contributed by atoms with van der Waals surface area (Å²) in [6.45, 7) is 4.31. The maximum absolute atomic E-state index is 13.1. The molecule has 0 atom stereocenters. The van der Waals surface area contributed by atoms with Gasteiger partial charge in [-0.15, -0.1) is 0 Å². The maximum Gasteiger partial charge on any atom is 0.458 e. The van der Waals surface area contributed by atoms with Gasteiger partial charge in [0.2, 0.25) is 21.9 Å². The minimum atomic E-state index is -5.77. The summed E-state index contributed by atoms with van der Waals surface area (Å²) in [6, 6.07) is 7.76. The highest BCUT2D eigenvalue weighted by molar-refractivity contribution is 7.89. The quantitative estimate of drug-likeness (QED) is 0.196. The summed E-state index contributed by atoms with van der Waals surface area (Å²) >= 11 is 6.35. The van der Waals surface area contributed by atoms with Gasteiger partial charge in [0.15, 0.2) is 5.82 Å². The van der Waals surface area contributed by atoms with Crippen molar-refractivity contribution in [3.63, 3.8) is 0 Å². The number of hydrogen-bond donors (Lipinski definition) is 3. The zero-order chi connectivity index (χ0) is 37.7. The lowest BCUT2D eigenvalue weighted by atomic mass is 9.94. The number of carbonyl (C=O) groups is 3. The minimum absolute atomic E-state index is 0.0728. The number of anilines is 5. The molecule has 2 aromatic heterocycles. The average molecular weight is 764 g/mol. The molecule has 0 saturated carbocycles. The topological polar surface area (TPSA) is 163 Å². The molecule has 0 aliphatic carbocycles. The van der Waals surface area contributed by atoms with Crippen molar-refractivity contribution in [3.05, 3.63) is 59.0 Å². The predicted molar refractivity (Wildman–Crippen MR) is 175 cm³/mol. The fourth-order valence-electron chi connectivity index (χ4n) is 5.14. The van der Waals surface area contributed by atoms with Crippen LogP contribution in [0.3, 0.4) is 0 Å². The largest absolute Gasteiger partial charge is 0.458 e. The number of pyridine rings is 1. The first-order chi connectivity index (χ1) is 23.7. The average Bonchev–Trinajstić information content (AvgIpc) is 3.05. The van der Waals surface area contributed by atoms with Crippen LogP contribution < -0.4 is 16.0 Å². The van der Waals surface area contributed by atoms with Crippen molar-refractivity contribution in [3.8, 4) is 0 Å². The zero-order valence-electron chi connectivity index (χ0n) is 27.0. The van der Waals surface area contributed by atoms with Crippen LogP contribution in [0.25, 0.3) is 0 Å². The van der Waals surface area contributed by atoms with E-state index >= 15 is 0 Å². The third kappa shape index (κ3) is 10.6. The van der Waals surface area contributed by atoms with E-state index in [1.807, 2.05) is 30.5 Å². The fraction of sp³-hybridized carbons (Fsp3) is 0.419. The summed E-state index contributed by atoms with van der Waals surface area (Å²) in [4.78, 5) is 45.4. The fourth-order valence-corrected chi connectivity index (χ4v) is 6.59. The molecule has 6 bridgehead atoms. The molecule has 2 aliphatic rings. The Morgan fingerprint density at radius 3 is 2.20 bits per heavy atom. The molecule has 1 aromatic carbocycles. The number of rotatable bonds is 6. The smallest absolute Gasteiger partial charge is 0.339 e. The van der Waals surface area contributed by atoms with Crippen molar-refractivity contribution in [2.24, 2.45) is 5.92 Å². The number of nitrogens with zero attached hydrogens (tertiary/aromatic N) is 4. The number of benzene rings is 1. The Bertz CT molecular complexity index is 1860. The molecule has 3 N–H and O–H groups in total. The molecule has 3 aromatic rings. The molecular weight excluding hydrogens is 732 g/mol. The molecule has 0 spiro atoms. The van der Waals surface area contributed by atoms with Gasteiger partial charge in [-0.25, -0.2) is 17.7 Å². The highest BCUT2D eigenvalue weighted by Gasteiger charge is 2.54. The number of alkyl halides is 6. The van der Waals surface area contributed by atoms with Crippen LogP contribution >= 0.6 is 11.6 Å². The predicted octanol–water partition coefficient (Wildman–Crippen LogP) is 6.14. The molecule has 1 fully saturated rings. The van der Waals surface area contributed by atoms with Crippen molar-refractivity contribution in [2.45, 2.75) is 63.6 Å². The molecule has 1 amide bonds. The number of aryl methyl sites for hydroxylation is 2. The number of nitrogens with one attached hydrogen (secondary N) is 3. The lowest BCUT2D eigenvalue weighted by Crippen LogP contribution is -2.42. The minimum Gasteiger partial charge on any atom is -0.339 e. The second-order valence-electron chi connectivity index (χ2n) is 11.9. The third-order valence-electron chi connectivity index (χ3n) is 7.84. The summed E-state index contributed by atoms with van der Waals surface area (Å²) < 4.78 is 93.4. The van der Waals surface area contributed by atoms with Gasteiger partial charge in [-0.05, 0) is 80.8 Å². The first kappa shape index (κ1) is 39.4. The van der Waals surface area contributed by atoms with Gasteiger partial charge in [0.1, 0.15) is 5.02 Å². The molecule has 2 aliphatic heterocycles. The van der Waals surface area contributed by atoms with Gasteiger partial charge in [0, 0.05) is 37.1 Å². The summed E-state index contributed by atoms with van der Waals surface area (Å²) in [5.74, 6) is -5.88. The number of sulfonamides is 1. The van der Waals surface area contributed by atoms with E-state index in [1.165, 1.54) is 6.20 Å². The number of Topliss-reactive ketones (excluding diaryl/α,β-unsaturated/α-hetero) is 2. The van der Waals surface area contributed by atoms with Crippen molar-refractivity contribution in [1.82, 2.24) is 19.3 Å². The second-order valence-corrected chi connectivity index (χ2v) is 14.8. The molecule has 51 heavy (non-hydrogen) atoms. The Kier molecular flexibility index (Phi) is 12.3. The number of fused-ring (bicyclic) bond motifs is 6. The highest BCUT2D eigenvalue weighted by Crippen LogP contribution is 2.31. The molecule has 4 heterocycles. The van der Waals surface area contributed by atoms with Gasteiger partial charge < -0.3 is 16.0 Å². The van der Waals surface area contributed by atoms with Crippen LogP contribution in [0.5, 0.6) is 0 Å². The van der Waals surface area contributed by atoms with Gasteiger partial charge in [-0.2, -0.15) is 31.3 Å². The van der Waals surface area contributed by atoms with E-state index in [0.717, 1.165) is 34.6 Å². The Morgan fingerprint density at radius 2 is 1.59 bits per heavy atom. The lowest BCUT2D eigenvalue weighted by molar-refractivity contribution is -0.193. The molecular formula is C31H32ClF6N7O5S. The van der Waals surface area contributed by atoms with Crippen LogP contribution in [0.4, 0.5) is 55.2 Å². The highest BCUT2D eigenvalue weighted by atomic mass is 35.5. The number of aromatic nitrogens is 3. The molecule has 0 unspecified atom stereocenters. The van der Waals surface area contributed by atoms with Crippen molar-refractivity contribution >= 4 is 67.9 Å². The third-order valence-corrected chi connectivity index (χ3v) is 10.4. The van der Waals surface area contributed by atoms with E-state index in [4.69, 9.17) is 11.6 Å². The Morgan fingerprint density at radius 1 is 0.941 bits per heavy atom. The summed E-state index contributed by atoms with van der Waals surface area (Å²) in [5, 5.41) is 9.48.